The summed E-state index contributed by atoms with van der Waals surface area (Å²) in [7, 11) is 1.56. The number of rotatable bonds is 4. The Hall–Kier alpha value is -2.51. The van der Waals surface area contributed by atoms with E-state index in [9.17, 15) is 4.79 Å². The van der Waals surface area contributed by atoms with Crippen LogP contribution in [0.5, 0.6) is 10.9 Å². The average Bonchev–Trinajstić information content (AvgIpc) is 3.16. The molecule has 4 rings (SSSR count). The lowest BCUT2D eigenvalue weighted by atomic mass is 10.1. The zero-order valence-electron chi connectivity index (χ0n) is 17.2. The Kier molecular flexibility index (Phi) is 6.01. The summed E-state index contributed by atoms with van der Waals surface area (Å²) in [5, 5.41) is 4.14. The van der Waals surface area contributed by atoms with Crippen LogP contribution in [0.1, 0.15) is 24.0 Å². The van der Waals surface area contributed by atoms with Crippen LogP contribution in [0.3, 0.4) is 0 Å². The molecular weight excluding hydrogens is 422 g/mol. The number of hydrogen-bond acceptors (Lipinski definition) is 5. The monoisotopic (exact) mass is 445 g/mol. The number of urea groups is 1. The van der Waals surface area contributed by atoms with Crippen LogP contribution in [0, 0.1) is 13.8 Å². The number of halogens is 1. The van der Waals surface area contributed by atoms with Crippen molar-refractivity contribution in [2.24, 2.45) is 0 Å². The Bertz CT molecular complexity index is 1040. The molecule has 2 amide bonds. The van der Waals surface area contributed by atoms with Gasteiger partial charge in [-0.3, -0.25) is 0 Å². The van der Waals surface area contributed by atoms with Crippen LogP contribution in [0.2, 0.25) is 5.02 Å². The zero-order chi connectivity index (χ0) is 21.3. The van der Waals surface area contributed by atoms with E-state index in [1.807, 2.05) is 0 Å². The molecule has 8 heteroatoms. The lowest BCUT2D eigenvalue weighted by Crippen LogP contribution is -2.43. The first-order valence-corrected chi connectivity index (χ1v) is 11.1. The fourth-order valence-corrected chi connectivity index (χ4v) is 4.78. The minimum absolute atomic E-state index is 0.0518. The highest BCUT2D eigenvalue weighted by atomic mass is 35.5. The van der Waals surface area contributed by atoms with Crippen molar-refractivity contribution in [2.45, 2.75) is 32.8 Å². The summed E-state index contributed by atoms with van der Waals surface area (Å²) in [6.07, 6.45) is 1.57. The molecule has 158 valence electrons. The van der Waals surface area contributed by atoms with E-state index in [2.05, 4.69) is 36.3 Å². The quantitative estimate of drug-likeness (QED) is 0.563. The van der Waals surface area contributed by atoms with Crippen LogP contribution in [0.4, 0.5) is 10.5 Å². The number of piperidine rings is 1. The van der Waals surface area contributed by atoms with E-state index in [0.717, 1.165) is 23.9 Å². The van der Waals surface area contributed by atoms with Crippen LogP contribution >= 0.6 is 22.9 Å². The first-order valence-electron chi connectivity index (χ1n) is 9.87. The second-order valence-electron chi connectivity index (χ2n) is 7.44. The molecule has 3 aromatic rings. The Morgan fingerprint density at radius 3 is 2.63 bits per heavy atom. The summed E-state index contributed by atoms with van der Waals surface area (Å²) in [4.78, 5) is 19.1. The number of likely N-dealkylation sites (tertiary alicyclic amines) is 1. The number of carbonyl (C=O) groups is 1. The molecule has 0 aliphatic carbocycles. The maximum atomic E-state index is 12.7. The van der Waals surface area contributed by atoms with Crippen molar-refractivity contribution in [3.05, 3.63) is 46.5 Å². The normalized spacial score (nSPS) is 14.7. The van der Waals surface area contributed by atoms with Crippen LogP contribution in [0.25, 0.3) is 10.2 Å². The van der Waals surface area contributed by atoms with E-state index in [0.29, 0.717) is 34.7 Å². The fourth-order valence-electron chi connectivity index (χ4n) is 3.58. The number of amides is 2. The molecule has 1 fully saturated rings. The smallest absolute Gasteiger partial charge is 0.321 e. The molecule has 0 unspecified atom stereocenters. The summed E-state index contributed by atoms with van der Waals surface area (Å²) in [5.74, 6) is 0.576. The Labute approximate surface area is 184 Å². The molecule has 2 aromatic carbocycles. The second kappa shape index (κ2) is 8.70. The summed E-state index contributed by atoms with van der Waals surface area (Å²) in [6.45, 7) is 5.39. The predicted octanol–water partition coefficient (Wildman–Crippen LogP) is 5.65. The number of nitrogens with zero attached hydrogens (tertiary/aromatic N) is 2. The van der Waals surface area contributed by atoms with Gasteiger partial charge < -0.3 is 19.7 Å². The van der Waals surface area contributed by atoms with Crippen molar-refractivity contribution in [3.8, 4) is 10.9 Å². The Morgan fingerprint density at radius 2 is 1.93 bits per heavy atom. The van der Waals surface area contributed by atoms with E-state index in [1.54, 1.807) is 41.5 Å². The van der Waals surface area contributed by atoms with Gasteiger partial charge in [0.1, 0.15) is 11.9 Å². The first-order chi connectivity index (χ1) is 14.4. The number of thiazole rings is 1. The number of fused-ring (bicyclic) bond motifs is 1. The average molecular weight is 446 g/mol. The molecule has 1 saturated heterocycles. The molecule has 30 heavy (non-hydrogen) atoms. The molecule has 0 saturated carbocycles. The highest BCUT2D eigenvalue weighted by Crippen LogP contribution is 2.34. The van der Waals surface area contributed by atoms with Crippen LogP contribution < -0.4 is 14.8 Å². The lowest BCUT2D eigenvalue weighted by Gasteiger charge is -2.31. The van der Waals surface area contributed by atoms with Crippen molar-refractivity contribution in [1.82, 2.24) is 9.88 Å². The molecule has 1 aliphatic rings. The van der Waals surface area contributed by atoms with Crippen LogP contribution in [-0.2, 0) is 0 Å². The van der Waals surface area contributed by atoms with Gasteiger partial charge in [0.05, 0.1) is 23.0 Å². The minimum atomic E-state index is -0.166. The van der Waals surface area contributed by atoms with Crippen molar-refractivity contribution in [1.29, 1.82) is 0 Å². The maximum Gasteiger partial charge on any atom is 0.321 e. The summed E-state index contributed by atoms with van der Waals surface area (Å²) in [6, 6.07) is 9.19. The minimum Gasteiger partial charge on any atom is -0.495 e. The van der Waals surface area contributed by atoms with Gasteiger partial charge in [-0.2, -0.15) is 0 Å². The fraction of sp³-hybridized carbons (Fsp3) is 0.364. The van der Waals surface area contributed by atoms with Crippen LogP contribution in [0.15, 0.2) is 30.3 Å². The van der Waals surface area contributed by atoms with E-state index >= 15 is 0 Å². The molecule has 0 atom stereocenters. The lowest BCUT2D eigenvalue weighted by molar-refractivity contribution is 0.115. The molecule has 1 N–H and O–H groups in total. The van der Waals surface area contributed by atoms with E-state index in [4.69, 9.17) is 21.1 Å². The van der Waals surface area contributed by atoms with Crippen molar-refractivity contribution >= 4 is 44.9 Å². The molecule has 0 spiro atoms. The van der Waals surface area contributed by atoms with Gasteiger partial charge in [-0.1, -0.05) is 35.1 Å². The van der Waals surface area contributed by atoms with Gasteiger partial charge in [0, 0.05) is 31.0 Å². The second-order valence-corrected chi connectivity index (χ2v) is 8.83. The topological polar surface area (TPSA) is 63.7 Å². The molecule has 0 radical (unpaired) electrons. The third-order valence-electron chi connectivity index (χ3n) is 5.32. The highest BCUT2D eigenvalue weighted by molar-refractivity contribution is 7.20. The number of carbonyl (C=O) groups excluding carboxylic acids is 1. The van der Waals surface area contributed by atoms with Gasteiger partial charge in [0.25, 0.3) is 5.19 Å². The third-order valence-corrected chi connectivity index (χ3v) is 6.64. The van der Waals surface area contributed by atoms with Crippen molar-refractivity contribution < 1.29 is 14.3 Å². The number of hydrogen-bond donors (Lipinski definition) is 1. The largest absolute Gasteiger partial charge is 0.495 e. The number of nitrogens with one attached hydrogen (secondary N) is 1. The molecule has 0 bridgehead atoms. The number of aryl methyl sites for hydroxylation is 2. The zero-order valence-corrected chi connectivity index (χ0v) is 18.8. The Morgan fingerprint density at radius 1 is 1.20 bits per heavy atom. The number of benzene rings is 2. The standard InChI is InChI=1S/C22H24ClN3O3S/c1-13-4-5-14(2)20-19(13)25-22(30-20)29-16-8-10-26(11-9-16)21(27)24-17-12-15(23)6-7-18(17)28-3/h4-7,12,16H,8-11H2,1-3H3,(H,24,27). The summed E-state index contributed by atoms with van der Waals surface area (Å²) < 4.78 is 12.6. The molecule has 6 nitrogen and oxygen atoms in total. The van der Waals surface area contributed by atoms with E-state index in [-0.39, 0.29) is 12.1 Å². The summed E-state index contributed by atoms with van der Waals surface area (Å²) in [5.41, 5.74) is 3.95. The summed E-state index contributed by atoms with van der Waals surface area (Å²) >= 11 is 7.64. The third kappa shape index (κ3) is 4.32. The van der Waals surface area contributed by atoms with Crippen LogP contribution in [-0.4, -0.2) is 42.2 Å². The predicted molar refractivity (Wildman–Crippen MR) is 121 cm³/mol. The molecule has 2 heterocycles. The van der Waals surface area contributed by atoms with Crippen molar-refractivity contribution in [2.75, 3.05) is 25.5 Å². The maximum absolute atomic E-state index is 12.7. The first kappa shape index (κ1) is 20.8. The van der Waals surface area contributed by atoms with Gasteiger partial charge in [-0.05, 0) is 43.2 Å². The molecule has 1 aliphatic heterocycles. The number of ether oxygens (including phenoxy) is 2. The van der Waals surface area contributed by atoms with Gasteiger partial charge in [0.2, 0.25) is 0 Å². The number of methoxy groups -OCH3 is 1. The highest BCUT2D eigenvalue weighted by Gasteiger charge is 2.25. The van der Waals surface area contributed by atoms with E-state index in [1.165, 1.54) is 10.3 Å². The van der Waals surface area contributed by atoms with Gasteiger partial charge in [-0.15, -0.1) is 0 Å². The van der Waals surface area contributed by atoms with Gasteiger partial charge in [0.15, 0.2) is 0 Å². The van der Waals surface area contributed by atoms with E-state index < -0.39 is 0 Å². The van der Waals surface area contributed by atoms with Gasteiger partial charge in [-0.25, -0.2) is 9.78 Å². The Balaban J connectivity index is 1.36. The van der Waals surface area contributed by atoms with Gasteiger partial charge >= 0.3 is 6.03 Å². The number of aromatic nitrogens is 1. The SMILES string of the molecule is COc1ccc(Cl)cc1NC(=O)N1CCC(Oc2nc3c(C)ccc(C)c3s2)CC1. The molecule has 1 aromatic heterocycles. The molecular formula is C22H24ClN3O3S. The number of anilines is 1. The van der Waals surface area contributed by atoms with Crippen molar-refractivity contribution in [3.63, 3.8) is 0 Å².